The zero-order chi connectivity index (χ0) is 15.1. The van der Waals surface area contributed by atoms with E-state index in [0.717, 1.165) is 25.7 Å². The highest BCUT2D eigenvalue weighted by Crippen LogP contribution is 2.39. The number of hydrogen-bond donors (Lipinski definition) is 1. The van der Waals surface area contributed by atoms with Crippen LogP contribution in [0.3, 0.4) is 0 Å². The molecule has 3 heteroatoms. The molecule has 2 fully saturated rings. The molecular weight excluding hydrogens is 262 g/mol. The quantitative estimate of drug-likeness (QED) is 0.737. The van der Waals surface area contributed by atoms with Gasteiger partial charge in [0.1, 0.15) is 0 Å². The Hall–Kier alpha value is -0.120. The normalized spacial score (nSPS) is 35.0. The van der Waals surface area contributed by atoms with Crippen molar-refractivity contribution in [2.24, 2.45) is 5.92 Å². The van der Waals surface area contributed by atoms with E-state index >= 15 is 0 Å². The van der Waals surface area contributed by atoms with Crippen molar-refractivity contribution in [1.29, 1.82) is 0 Å². The molecule has 1 saturated carbocycles. The molecule has 1 saturated heterocycles. The molecule has 0 spiro atoms. The van der Waals surface area contributed by atoms with E-state index in [1.54, 1.807) is 0 Å². The monoisotopic (exact) mass is 297 g/mol. The van der Waals surface area contributed by atoms with Crippen LogP contribution in [-0.4, -0.2) is 37.5 Å². The maximum Gasteiger partial charge on any atom is 0.0834 e. The van der Waals surface area contributed by atoms with Gasteiger partial charge in [-0.2, -0.15) is 0 Å². The van der Waals surface area contributed by atoms with E-state index in [2.05, 4.69) is 26.1 Å². The molecule has 0 amide bonds. The number of ether oxygens (including phenoxy) is 2. The molecule has 1 heterocycles. The zero-order valence-corrected chi connectivity index (χ0v) is 14.3. The number of hydrogen-bond acceptors (Lipinski definition) is 3. The lowest BCUT2D eigenvalue weighted by atomic mass is 9.74. The van der Waals surface area contributed by atoms with Gasteiger partial charge in [0.15, 0.2) is 0 Å². The Morgan fingerprint density at radius 2 is 2.00 bits per heavy atom. The van der Waals surface area contributed by atoms with Crippen LogP contribution in [0.2, 0.25) is 0 Å². The summed E-state index contributed by atoms with van der Waals surface area (Å²) in [7, 11) is 0. The summed E-state index contributed by atoms with van der Waals surface area (Å²) in [5, 5.41) is 3.74. The average molecular weight is 297 g/mol. The molecule has 2 rings (SSSR count). The molecule has 2 unspecified atom stereocenters. The minimum absolute atomic E-state index is 0.0654. The molecule has 124 valence electrons. The third-order valence-corrected chi connectivity index (χ3v) is 5.44. The summed E-state index contributed by atoms with van der Waals surface area (Å²) in [5.74, 6) is 0.860. The smallest absolute Gasteiger partial charge is 0.0834 e. The second kappa shape index (κ2) is 8.50. The van der Waals surface area contributed by atoms with Crippen LogP contribution in [-0.2, 0) is 9.47 Å². The van der Waals surface area contributed by atoms with Gasteiger partial charge in [0.2, 0.25) is 0 Å². The first-order chi connectivity index (χ1) is 10.2. The van der Waals surface area contributed by atoms with Gasteiger partial charge in [-0.05, 0) is 70.8 Å². The van der Waals surface area contributed by atoms with Gasteiger partial charge in [-0.3, -0.25) is 0 Å². The molecule has 0 bridgehead atoms. The summed E-state index contributed by atoms with van der Waals surface area (Å²) in [6.45, 7) is 9.55. The molecule has 3 nitrogen and oxygen atoms in total. The van der Waals surface area contributed by atoms with Crippen LogP contribution in [0.5, 0.6) is 0 Å². The summed E-state index contributed by atoms with van der Waals surface area (Å²) in [4.78, 5) is 0. The molecule has 0 aromatic rings. The van der Waals surface area contributed by atoms with Gasteiger partial charge < -0.3 is 14.8 Å². The third kappa shape index (κ3) is 4.67. The molecule has 2 aliphatic rings. The minimum atomic E-state index is 0.0654. The Morgan fingerprint density at radius 3 is 2.57 bits per heavy atom. The van der Waals surface area contributed by atoms with Gasteiger partial charge in [-0.25, -0.2) is 0 Å². The van der Waals surface area contributed by atoms with E-state index in [-0.39, 0.29) is 5.60 Å². The van der Waals surface area contributed by atoms with E-state index in [1.165, 1.54) is 51.4 Å². The number of rotatable bonds is 8. The highest BCUT2D eigenvalue weighted by atomic mass is 16.5. The van der Waals surface area contributed by atoms with E-state index in [9.17, 15) is 0 Å². The van der Waals surface area contributed by atoms with Crippen molar-refractivity contribution < 1.29 is 9.47 Å². The molecule has 21 heavy (non-hydrogen) atoms. The molecule has 2 atom stereocenters. The zero-order valence-electron chi connectivity index (χ0n) is 14.3. The molecule has 0 radical (unpaired) electrons. The van der Waals surface area contributed by atoms with Crippen LogP contribution in [0.1, 0.15) is 72.1 Å². The SMILES string of the molecule is CCNC(CCC1CCCO1)C1(OCC)CCC(C)CC1. The molecule has 0 aromatic carbocycles. The lowest BCUT2D eigenvalue weighted by molar-refractivity contribution is -0.0992. The molecular formula is C18H35NO2. The maximum atomic E-state index is 6.35. The first kappa shape index (κ1) is 17.2. The van der Waals surface area contributed by atoms with E-state index in [0.29, 0.717) is 12.1 Å². The largest absolute Gasteiger partial charge is 0.378 e. The van der Waals surface area contributed by atoms with E-state index < -0.39 is 0 Å². The Labute approximate surface area is 131 Å². The van der Waals surface area contributed by atoms with Crippen LogP contribution in [0, 0.1) is 5.92 Å². The van der Waals surface area contributed by atoms with Crippen molar-refractivity contribution in [3.63, 3.8) is 0 Å². The Bertz CT molecular complexity index is 281. The van der Waals surface area contributed by atoms with Crippen molar-refractivity contribution in [3.05, 3.63) is 0 Å². The first-order valence-corrected chi connectivity index (χ1v) is 9.19. The second-order valence-electron chi connectivity index (χ2n) is 7.00. The molecule has 0 aromatic heterocycles. The summed E-state index contributed by atoms with van der Waals surface area (Å²) in [5.41, 5.74) is 0.0654. The number of likely N-dealkylation sites (N-methyl/N-ethyl adjacent to an activating group) is 1. The highest BCUT2D eigenvalue weighted by Gasteiger charge is 2.41. The first-order valence-electron chi connectivity index (χ1n) is 9.19. The predicted molar refractivity (Wildman–Crippen MR) is 87.7 cm³/mol. The molecule has 1 aliphatic heterocycles. The van der Waals surface area contributed by atoms with Crippen LogP contribution >= 0.6 is 0 Å². The van der Waals surface area contributed by atoms with Gasteiger partial charge in [-0.15, -0.1) is 0 Å². The lowest BCUT2D eigenvalue weighted by Crippen LogP contribution is -2.54. The fourth-order valence-corrected chi connectivity index (χ4v) is 4.15. The fraction of sp³-hybridized carbons (Fsp3) is 1.00. The van der Waals surface area contributed by atoms with Gasteiger partial charge in [0.25, 0.3) is 0 Å². The van der Waals surface area contributed by atoms with Crippen LogP contribution in [0.4, 0.5) is 0 Å². The highest BCUT2D eigenvalue weighted by molar-refractivity contribution is 4.97. The number of nitrogens with one attached hydrogen (secondary N) is 1. The Morgan fingerprint density at radius 1 is 1.24 bits per heavy atom. The Kier molecular flexibility index (Phi) is 6.97. The summed E-state index contributed by atoms with van der Waals surface area (Å²) in [6.07, 6.45) is 10.4. The van der Waals surface area contributed by atoms with Gasteiger partial charge >= 0.3 is 0 Å². The summed E-state index contributed by atoms with van der Waals surface area (Å²) < 4.78 is 12.2. The average Bonchev–Trinajstić information content (AvgIpc) is 3.00. The minimum Gasteiger partial charge on any atom is -0.378 e. The standard InChI is InChI=1S/C18H35NO2/c1-4-19-17(9-8-16-7-6-14-20-16)18(21-5-2)12-10-15(3)11-13-18/h15-17,19H,4-14H2,1-3H3. The second-order valence-corrected chi connectivity index (χ2v) is 7.00. The van der Waals surface area contributed by atoms with Crippen molar-refractivity contribution >= 4 is 0 Å². The molecule has 1 aliphatic carbocycles. The fourth-order valence-electron chi connectivity index (χ4n) is 4.15. The van der Waals surface area contributed by atoms with E-state index in [1.807, 2.05) is 0 Å². The van der Waals surface area contributed by atoms with Crippen molar-refractivity contribution in [2.45, 2.75) is 89.9 Å². The van der Waals surface area contributed by atoms with Crippen LogP contribution in [0.15, 0.2) is 0 Å². The Balaban J connectivity index is 1.97. The summed E-state index contributed by atoms with van der Waals surface area (Å²) in [6, 6.07) is 0.485. The van der Waals surface area contributed by atoms with Gasteiger partial charge in [0, 0.05) is 19.3 Å². The van der Waals surface area contributed by atoms with Crippen molar-refractivity contribution in [3.8, 4) is 0 Å². The van der Waals surface area contributed by atoms with Crippen LogP contribution < -0.4 is 5.32 Å². The maximum absolute atomic E-state index is 6.35. The third-order valence-electron chi connectivity index (χ3n) is 5.44. The van der Waals surface area contributed by atoms with E-state index in [4.69, 9.17) is 9.47 Å². The van der Waals surface area contributed by atoms with Crippen molar-refractivity contribution in [1.82, 2.24) is 5.32 Å². The molecule has 1 N–H and O–H groups in total. The van der Waals surface area contributed by atoms with Crippen LogP contribution in [0.25, 0.3) is 0 Å². The lowest BCUT2D eigenvalue weighted by Gasteiger charge is -2.45. The van der Waals surface area contributed by atoms with Gasteiger partial charge in [-0.1, -0.05) is 13.8 Å². The van der Waals surface area contributed by atoms with Crippen molar-refractivity contribution in [2.75, 3.05) is 19.8 Å². The topological polar surface area (TPSA) is 30.5 Å². The predicted octanol–water partition coefficient (Wildman–Crippen LogP) is 3.91. The summed E-state index contributed by atoms with van der Waals surface area (Å²) >= 11 is 0. The van der Waals surface area contributed by atoms with Gasteiger partial charge in [0.05, 0.1) is 11.7 Å².